The van der Waals surface area contributed by atoms with Crippen molar-refractivity contribution in [3.63, 3.8) is 0 Å². The van der Waals surface area contributed by atoms with Gasteiger partial charge in [-0.1, -0.05) is 0 Å². The molecule has 120 valence electrons. The molecule has 0 spiro atoms. The van der Waals surface area contributed by atoms with Gasteiger partial charge in [0.05, 0.1) is 0 Å². The molecular weight excluding hydrogens is 280 g/mol. The number of ketones is 1. The van der Waals surface area contributed by atoms with Crippen LogP contribution in [0.25, 0.3) is 0 Å². The first-order valence-electron chi connectivity index (χ1n) is 7.79. The monoisotopic (exact) mass is 304 g/mol. The second-order valence-corrected chi connectivity index (χ2v) is 5.86. The SMILES string of the molecule is CN(C)CCOc1ccc(C(=O)C(=O)N2CCCCC2)cc1. The van der Waals surface area contributed by atoms with Gasteiger partial charge in [0.1, 0.15) is 12.4 Å². The topological polar surface area (TPSA) is 49.9 Å². The summed E-state index contributed by atoms with van der Waals surface area (Å²) >= 11 is 0. The number of amides is 1. The summed E-state index contributed by atoms with van der Waals surface area (Å²) in [4.78, 5) is 28.1. The van der Waals surface area contributed by atoms with Gasteiger partial charge in [0.25, 0.3) is 5.91 Å². The number of Topliss-reactive ketones (excluding diaryl/α,β-unsaturated/α-hetero) is 1. The fourth-order valence-electron chi connectivity index (χ4n) is 2.41. The van der Waals surface area contributed by atoms with Gasteiger partial charge in [0.15, 0.2) is 0 Å². The summed E-state index contributed by atoms with van der Waals surface area (Å²) in [6, 6.07) is 6.81. The normalized spacial score (nSPS) is 15.0. The van der Waals surface area contributed by atoms with Crippen LogP contribution in [0.3, 0.4) is 0 Å². The fraction of sp³-hybridized carbons (Fsp3) is 0.529. The zero-order valence-electron chi connectivity index (χ0n) is 13.4. The van der Waals surface area contributed by atoms with Gasteiger partial charge in [-0.3, -0.25) is 9.59 Å². The van der Waals surface area contributed by atoms with E-state index in [0.29, 0.717) is 31.0 Å². The second kappa shape index (κ2) is 7.94. The van der Waals surface area contributed by atoms with Crippen LogP contribution in [0.1, 0.15) is 29.6 Å². The van der Waals surface area contributed by atoms with E-state index >= 15 is 0 Å². The van der Waals surface area contributed by atoms with Crippen LogP contribution in [0.4, 0.5) is 0 Å². The van der Waals surface area contributed by atoms with Crippen molar-refractivity contribution in [3.05, 3.63) is 29.8 Å². The van der Waals surface area contributed by atoms with E-state index < -0.39 is 5.78 Å². The molecule has 22 heavy (non-hydrogen) atoms. The molecule has 1 aliphatic rings. The molecule has 1 aliphatic heterocycles. The minimum Gasteiger partial charge on any atom is -0.492 e. The van der Waals surface area contributed by atoms with Gasteiger partial charge in [-0.15, -0.1) is 0 Å². The van der Waals surface area contributed by atoms with Crippen LogP contribution < -0.4 is 4.74 Å². The lowest BCUT2D eigenvalue weighted by Crippen LogP contribution is -2.40. The van der Waals surface area contributed by atoms with Gasteiger partial charge in [0, 0.05) is 25.2 Å². The molecule has 0 unspecified atom stereocenters. The number of likely N-dealkylation sites (N-methyl/N-ethyl adjacent to an activating group) is 1. The van der Waals surface area contributed by atoms with Crippen LogP contribution in [-0.2, 0) is 4.79 Å². The van der Waals surface area contributed by atoms with Crippen molar-refractivity contribution < 1.29 is 14.3 Å². The van der Waals surface area contributed by atoms with Crippen molar-refractivity contribution in [2.24, 2.45) is 0 Å². The number of benzene rings is 1. The van der Waals surface area contributed by atoms with Crippen LogP contribution in [0.15, 0.2) is 24.3 Å². The molecule has 0 atom stereocenters. The standard InChI is InChI=1S/C17H24N2O3/c1-18(2)12-13-22-15-8-6-14(7-9-15)16(20)17(21)19-10-4-3-5-11-19/h6-9H,3-5,10-13H2,1-2H3. The summed E-state index contributed by atoms with van der Waals surface area (Å²) in [5.41, 5.74) is 0.426. The smallest absolute Gasteiger partial charge is 0.294 e. The highest BCUT2D eigenvalue weighted by atomic mass is 16.5. The Morgan fingerprint density at radius 1 is 1.09 bits per heavy atom. The van der Waals surface area contributed by atoms with Crippen molar-refractivity contribution in [2.45, 2.75) is 19.3 Å². The van der Waals surface area contributed by atoms with E-state index in [1.807, 2.05) is 19.0 Å². The molecule has 1 aromatic carbocycles. The Morgan fingerprint density at radius 2 is 1.73 bits per heavy atom. The molecule has 5 heteroatoms. The van der Waals surface area contributed by atoms with Crippen LogP contribution in [-0.4, -0.2) is 61.8 Å². The van der Waals surface area contributed by atoms with Crippen molar-refractivity contribution >= 4 is 11.7 Å². The third-order valence-corrected chi connectivity index (χ3v) is 3.76. The highest BCUT2D eigenvalue weighted by Crippen LogP contribution is 2.15. The molecule has 1 aromatic rings. The predicted octanol–water partition coefficient (Wildman–Crippen LogP) is 1.82. The zero-order valence-corrected chi connectivity index (χ0v) is 13.4. The van der Waals surface area contributed by atoms with E-state index in [1.54, 1.807) is 29.2 Å². The number of carbonyl (C=O) groups excluding carboxylic acids is 2. The van der Waals surface area contributed by atoms with Gasteiger partial charge in [-0.2, -0.15) is 0 Å². The number of piperidine rings is 1. The molecule has 0 N–H and O–H groups in total. The molecule has 2 rings (SSSR count). The van der Waals surface area contributed by atoms with E-state index in [2.05, 4.69) is 0 Å². The Balaban J connectivity index is 1.91. The maximum atomic E-state index is 12.2. The third kappa shape index (κ3) is 4.56. The first-order chi connectivity index (χ1) is 10.6. The molecule has 0 aromatic heterocycles. The number of rotatable bonds is 6. The van der Waals surface area contributed by atoms with E-state index in [-0.39, 0.29) is 5.91 Å². The van der Waals surface area contributed by atoms with Crippen LogP contribution in [0.2, 0.25) is 0 Å². The second-order valence-electron chi connectivity index (χ2n) is 5.86. The molecule has 0 saturated carbocycles. The van der Waals surface area contributed by atoms with E-state index in [0.717, 1.165) is 25.8 Å². The van der Waals surface area contributed by atoms with Gasteiger partial charge >= 0.3 is 0 Å². The number of carbonyl (C=O) groups is 2. The maximum Gasteiger partial charge on any atom is 0.294 e. The lowest BCUT2D eigenvalue weighted by molar-refractivity contribution is -0.127. The summed E-state index contributed by atoms with van der Waals surface area (Å²) in [6.45, 7) is 2.80. The van der Waals surface area contributed by atoms with Gasteiger partial charge < -0.3 is 14.5 Å². The summed E-state index contributed by atoms with van der Waals surface area (Å²) < 4.78 is 5.58. The molecule has 0 bridgehead atoms. The summed E-state index contributed by atoms with van der Waals surface area (Å²) in [6.07, 6.45) is 3.10. The van der Waals surface area contributed by atoms with Crippen LogP contribution in [0.5, 0.6) is 5.75 Å². The van der Waals surface area contributed by atoms with E-state index in [4.69, 9.17) is 4.74 Å². The van der Waals surface area contributed by atoms with Gasteiger partial charge in [-0.05, 0) is 57.6 Å². The summed E-state index contributed by atoms with van der Waals surface area (Å²) in [7, 11) is 3.97. The fourth-order valence-corrected chi connectivity index (χ4v) is 2.41. The van der Waals surface area contributed by atoms with Crippen LogP contribution >= 0.6 is 0 Å². The lowest BCUT2D eigenvalue weighted by Gasteiger charge is -2.25. The largest absolute Gasteiger partial charge is 0.492 e. The molecule has 0 aliphatic carbocycles. The first-order valence-corrected chi connectivity index (χ1v) is 7.79. The Kier molecular flexibility index (Phi) is 5.95. The maximum absolute atomic E-state index is 12.2. The molecule has 0 radical (unpaired) electrons. The Hall–Kier alpha value is -1.88. The number of hydrogen-bond acceptors (Lipinski definition) is 4. The van der Waals surface area contributed by atoms with Gasteiger partial charge in [-0.25, -0.2) is 0 Å². The van der Waals surface area contributed by atoms with Gasteiger partial charge in [0.2, 0.25) is 5.78 Å². The lowest BCUT2D eigenvalue weighted by atomic mass is 10.1. The third-order valence-electron chi connectivity index (χ3n) is 3.76. The minimum absolute atomic E-state index is 0.388. The number of nitrogens with zero attached hydrogens (tertiary/aromatic N) is 2. The van der Waals surface area contributed by atoms with E-state index in [9.17, 15) is 9.59 Å². The predicted molar refractivity (Wildman–Crippen MR) is 85.3 cm³/mol. The Bertz CT molecular complexity index is 505. The number of likely N-dealkylation sites (tertiary alicyclic amines) is 1. The summed E-state index contributed by atoms with van der Waals surface area (Å²) in [5.74, 6) is -0.105. The van der Waals surface area contributed by atoms with Crippen LogP contribution in [0, 0.1) is 0 Å². The average Bonchev–Trinajstić information content (AvgIpc) is 2.54. The Labute approximate surface area is 131 Å². The average molecular weight is 304 g/mol. The molecular formula is C17H24N2O3. The highest BCUT2D eigenvalue weighted by molar-refractivity contribution is 6.42. The molecule has 1 fully saturated rings. The Morgan fingerprint density at radius 3 is 2.32 bits per heavy atom. The number of hydrogen-bond donors (Lipinski definition) is 0. The summed E-state index contributed by atoms with van der Waals surface area (Å²) in [5, 5.41) is 0. The zero-order chi connectivity index (χ0) is 15.9. The number of ether oxygens (including phenoxy) is 1. The molecule has 1 heterocycles. The minimum atomic E-state index is -0.429. The molecule has 5 nitrogen and oxygen atoms in total. The van der Waals surface area contributed by atoms with Crippen molar-refractivity contribution in [2.75, 3.05) is 40.3 Å². The van der Waals surface area contributed by atoms with Crippen molar-refractivity contribution in [3.8, 4) is 5.75 Å². The van der Waals surface area contributed by atoms with Crippen molar-refractivity contribution in [1.29, 1.82) is 0 Å². The first kappa shape index (κ1) is 16.5. The molecule has 1 saturated heterocycles. The quantitative estimate of drug-likeness (QED) is 0.594. The van der Waals surface area contributed by atoms with Crippen molar-refractivity contribution in [1.82, 2.24) is 9.80 Å². The highest BCUT2D eigenvalue weighted by Gasteiger charge is 2.24. The molecule has 1 amide bonds. The van der Waals surface area contributed by atoms with E-state index in [1.165, 1.54) is 0 Å².